The topological polar surface area (TPSA) is 69.6 Å². The van der Waals surface area contributed by atoms with Gasteiger partial charge in [0.2, 0.25) is 5.91 Å². The van der Waals surface area contributed by atoms with E-state index in [1.807, 2.05) is 19.1 Å². The monoisotopic (exact) mass is 264 g/mol. The number of carbonyl (C=O) groups is 2. The molecule has 0 aliphatic rings. The largest absolute Gasteiger partial charge is 0.392 e. The van der Waals surface area contributed by atoms with Crippen LogP contribution in [0.3, 0.4) is 0 Å². The molecule has 0 aliphatic heterocycles. The van der Waals surface area contributed by atoms with Crippen LogP contribution < -0.4 is 5.32 Å². The molecule has 2 amide bonds. The number of hydrogen-bond donors (Lipinski definition) is 2. The summed E-state index contributed by atoms with van der Waals surface area (Å²) in [6, 6.07) is 7.12. The Hall–Kier alpha value is -1.88. The maximum Gasteiger partial charge on any atom is 0.251 e. The van der Waals surface area contributed by atoms with E-state index >= 15 is 0 Å². The Labute approximate surface area is 113 Å². The Kier molecular flexibility index (Phi) is 5.51. The summed E-state index contributed by atoms with van der Waals surface area (Å²) in [4.78, 5) is 24.8. The molecule has 5 heteroatoms. The first kappa shape index (κ1) is 15.2. The average Bonchev–Trinajstić information content (AvgIpc) is 2.35. The number of likely N-dealkylation sites (N-methyl/N-ethyl adjacent to an activating group) is 1. The van der Waals surface area contributed by atoms with Crippen LogP contribution in [0.1, 0.15) is 22.8 Å². The Balaban J connectivity index is 2.46. The molecule has 0 fully saturated rings. The average molecular weight is 264 g/mol. The van der Waals surface area contributed by atoms with Crippen molar-refractivity contribution in [3.05, 3.63) is 35.4 Å². The molecule has 0 spiro atoms. The summed E-state index contributed by atoms with van der Waals surface area (Å²) >= 11 is 0. The number of rotatable bonds is 5. The maximum atomic E-state index is 11.8. The molecule has 1 atom stereocenters. The van der Waals surface area contributed by atoms with Crippen LogP contribution in [0.15, 0.2) is 24.3 Å². The van der Waals surface area contributed by atoms with E-state index in [0.717, 1.165) is 5.56 Å². The second-order valence-corrected chi connectivity index (χ2v) is 4.67. The molecule has 0 saturated carbocycles. The van der Waals surface area contributed by atoms with Gasteiger partial charge in [0.15, 0.2) is 0 Å². The zero-order valence-corrected chi connectivity index (χ0v) is 11.5. The van der Waals surface area contributed by atoms with Gasteiger partial charge in [-0.15, -0.1) is 0 Å². The molecule has 0 heterocycles. The van der Waals surface area contributed by atoms with E-state index < -0.39 is 6.10 Å². The maximum absolute atomic E-state index is 11.8. The van der Waals surface area contributed by atoms with E-state index in [2.05, 4.69) is 5.32 Å². The fourth-order valence-corrected chi connectivity index (χ4v) is 1.60. The van der Waals surface area contributed by atoms with E-state index in [-0.39, 0.29) is 24.9 Å². The zero-order valence-electron chi connectivity index (χ0n) is 11.5. The summed E-state index contributed by atoms with van der Waals surface area (Å²) in [6.45, 7) is 3.72. The van der Waals surface area contributed by atoms with Crippen LogP contribution in [0.2, 0.25) is 0 Å². The Bertz CT molecular complexity index is 441. The van der Waals surface area contributed by atoms with Gasteiger partial charge in [-0.25, -0.2) is 0 Å². The molecule has 2 N–H and O–H groups in total. The van der Waals surface area contributed by atoms with Gasteiger partial charge in [0.1, 0.15) is 0 Å². The molecular formula is C14H20N2O3. The van der Waals surface area contributed by atoms with Crippen molar-refractivity contribution >= 4 is 11.8 Å². The molecular weight excluding hydrogens is 244 g/mol. The highest BCUT2D eigenvalue weighted by Gasteiger charge is 2.12. The number of nitrogens with one attached hydrogen (secondary N) is 1. The minimum absolute atomic E-state index is 0.0735. The molecule has 1 aromatic rings. The summed E-state index contributed by atoms with van der Waals surface area (Å²) in [5.74, 6) is -0.514. The summed E-state index contributed by atoms with van der Waals surface area (Å²) in [5.41, 5.74) is 1.60. The number of aliphatic hydroxyl groups excluding tert-OH is 1. The number of aryl methyl sites for hydroxylation is 1. The van der Waals surface area contributed by atoms with E-state index in [4.69, 9.17) is 0 Å². The van der Waals surface area contributed by atoms with Crippen molar-refractivity contribution in [3.8, 4) is 0 Å². The number of amides is 2. The highest BCUT2D eigenvalue weighted by molar-refractivity contribution is 5.96. The van der Waals surface area contributed by atoms with Crippen LogP contribution in [0.5, 0.6) is 0 Å². The highest BCUT2D eigenvalue weighted by Crippen LogP contribution is 2.02. The van der Waals surface area contributed by atoms with Gasteiger partial charge in [0.05, 0.1) is 12.6 Å². The molecule has 1 unspecified atom stereocenters. The lowest BCUT2D eigenvalue weighted by atomic mass is 10.1. The van der Waals surface area contributed by atoms with Crippen molar-refractivity contribution in [2.45, 2.75) is 20.0 Å². The zero-order chi connectivity index (χ0) is 14.4. The fraction of sp³-hybridized carbons (Fsp3) is 0.429. The first-order valence-electron chi connectivity index (χ1n) is 6.17. The van der Waals surface area contributed by atoms with Crippen molar-refractivity contribution < 1.29 is 14.7 Å². The van der Waals surface area contributed by atoms with Crippen LogP contribution in [0, 0.1) is 6.92 Å². The van der Waals surface area contributed by atoms with Gasteiger partial charge in [-0.2, -0.15) is 0 Å². The minimum atomic E-state index is -0.582. The predicted octanol–water partition coefficient (Wildman–Crippen LogP) is 0.564. The second kappa shape index (κ2) is 6.89. The van der Waals surface area contributed by atoms with Crippen molar-refractivity contribution in [1.29, 1.82) is 0 Å². The molecule has 5 nitrogen and oxygen atoms in total. The van der Waals surface area contributed by atoms with Crippen molar-refractivity contribution in [2.75, 3.05) is 20.1 Å². The Morgan fingerprint density at radius 2 is 1.89 bits per heavy atom. The number of benzene rings is 1. The molecule has 0 aliphatic carbocycles. The van der Waals surface area contributed by atoms with E-state index in [9.17, 15) is 14.7 Å². The van der Waals surface area contributed by atoms with Gasteiger partial charge in [0, 0.05) is 19.2 Å². The highest BCUT2D eigenvalue weighted by atomic mass is 16.3. The SMILES string of the molecule is Cc1ccc(C(=O)NCC(=O)N(C)CC(C)O)cc1. The molecule has 104 valence electrons. The van der Waals surface area contributed by atoms with Gasteiger partial charge >= 0.3 is 0 Å². The third kappa shape index (κ3) is 5.09. The van der Waals surface area contributed by atoms with Gasteiger partial charge in [-0.3, -0.25) is 9.59 Å². The first-order chi connectivity index (χ1) is 8.90. The van der Waals surface area contributed by atoms with Crippen molar-refractivity contribution in [1.82, 2.24) is 10.2 Å². The van der Waals surface area contributed by atoms with E-state index in [1.54, 1.807) is 26.1 Å². The Morgan fingerprint density at radius 3 is 2.42 bits per heavy atom. The lowest BCUT2D eigenvalue weighted by Gasteiger charge is -2.18. The van der Waals surface area contributed by atoms with Gasteiger partial charge in [-0.1, -0.05) is 17.7 Å². The standard InChI is InChI=1S/C14H20N2O3/c1-10-4-6-12(7-5-10)14(19)15-8-13(18)16(3)9-11(2)17/h4-7,11,17H,8-9H2,1-3H3,(H,15,19). The van der Waals surface area contributed by atoms with Crippen molar-refractivity contribution in [2.24, 2.45) is 0 Å². The predicted molar refractivity (Wildman–Crippen MR) is 72.8 cm³/mol. The van der Waals surface area contributed by atoms with Crippen LogP contribution in [-0.4, -0.2) is 48.1 Å². The Morgan fingerprint density at radius 1 is 1.32 bits per heavy atom. The van der Waals surface area contributed by atoms with Gasteiger partial charge < -0.3 is 15.3 Å². The summed E-state index contributed by atoms with van der Waals surface area (Å²) < 4.78 is 0. The molecule has 19 heavy (non-hydrogen) atoms. The summed E-state index contributed by atoms with van der Waals surface area (Å²) in [5, 5.41) is 11.7. The van der Waals surface area contributed by atoms with Crippen molar-refractivity contribution in [3.63, 3.8) is 0 Å². The number of carbonyl (C=O) groups excluding carboxylic acids is 2. The van der Waals surface area contributed by atoms with Crippen LogP contribution >= 0.6 is 0 Å². The molecule has 1 rings (SSSR count). The lowest BCUT2D eigenvalue weighted by Crippen LogP contribution is -2.40. The smallest absolute Gasteiger partial charge is 0.251 e. The number of hydrogen-bond acceptors (Lipinski definition) is 3. The van der Waals surface area contributed by atoms with Crippen LogP contribution in [-0.2, 0) is 4.79 Å². The molecule has 0 bridgehead atoms. The summed E-state index contributed by atoms with van der Waals surface area (Å²) in [7, 11) is 1.59. The second-order valence-electron chi connectivity index (χ2n) is 4.67. The number of aliphatic hydroxyl groups is 1. The third-order valence-electron chi connectivity index (χ3n) is 2.68. The molecule has 0 radical (unpaired) electrons. The fourth-order valence-electron chi connectivity index (χ4n) is 1.60. The number of nitrogens with zero attached hydrogens (tertiary/aromatic N) is 1. The summed E-state index contributed by atoms with van der Waals surface area (Å²) in [6.07, 6.45) is -0.582. The van der Waals surface area contributed by atoms with Gasteiger partial charge in [-0.05, 0) is 26.0 Å². The van der Waals surface area contributed by atoms with E-state index in [0.29, 0.717) is 5.56 Å². The normalized spacial score (nSPS) is 11.8. The molecule has 0 saturated heterocycles. The van der Waals surface area contributed by atoms with E-state index in [1.165, 1.54) is 4.90 Å². The van der Waals surface area contributed by atoms with Crippen LogP contribution in [0.25, 0.3) is 0 Å². The lowest BCUT2D eigenvalue weighted by molar-refractivity contribution is -0.129. The minimum Gasteiger partial charge on any atom is -0.392 e. The molecule has 1 aromatic carbocycles. The van der Waals surface area contributed by atoms with Crippen LogP contribution in [0.4, 0.5) is 0 Å². The van der Waals surface area contributed by atoms with Gasteiger partial charge in [0.25, 0.3) is 5.91 Å². The third-order valence-corrected chi connectivity index (χ3v) is 2.68. The molecule has 0 aromatic heterocycles. The quantitative estimate of drug-likeness (QED) is 0.816. The first-order valence-corrected chi connectivity index (χ1v) is 6.17.